The number of carbonyl (C=O) groups excluding carboxylic acids is 1. The molecule has 0 saturated heterocycles. The number of alkyl halides is 3. The van der Waals surface area contributed by atoms with Crippen LogP contribution in [0.4, 0.5) is 22.4 Å². The van der Waals surface area contributed by atoms with Gasteiger partial charge in [-0.2, -0.15) is 13.2 Å². The van der Waals surface area contributed by atoms with Crippen molar-refractivity contribution in [1.82, 2.24) is 5.32 Å². The Morgan fingerprint density at radius 2 is 1.59 bits per heavy atom. The van der Waals surface area contributed by atoms with E-state index in [1.54, 1.807) is 20.8 Å². The van der Waals surface area contributed by atoms with Crippen molar-refractivity contribution in [3.63, 3.8) is 0 Å². The summed E-state index contributed by atoms with van der Waals surface area (Å²) in [6.45, 7) is 5.38. The third-order valence-electron chi connectivity index (χ3n) is 5.15. The molecule has 0 spiro atoms. The van der Waals surface area contributed by atoms with Gasteiger partial charge in [-0.3, -0.25) is 0 Å². The molecule has 4 nitrogen and oxygen atoms in total. The van der Waals surface area contributed by atoms with E-state index in [4.69, 9.17) is 9.47 Å². The van der Waals surface area contributed by atoms with E-state index in [0.29, 0.717) is 37.0 Å². The van der Waals surface area contributed by atoms with Gasteiger partial charge in [0.15, 0.2) is 0 Å². The number of rotatable bonds is 4. The molecule has 8 heteroatoms. The second-order valence-electron chi connectivity index (χ2n) is 8.95. The third-order valence-corrected chi connectivity index (χ3v) is 5.15. The molecule has 2 aromatic carbocycles. The summed E-state index contributed by atoms with van der Waals surface area (Å²) in [5, 5.41) is 2.85. The van der Waals surface area contributed by atoms with E-state index in [9.17, 15) is 22.4 Å². The van der Waals surface area contributed by atoms with E-state index >= 15 is 0 Å². The van der Waals surface area contributed by atoms with Crippen LogP contribution >= 0.6 is 0 Å². The number of carbonyl (C=O) groups is 1. The van der Waals surface area contributed by atoms with E-state index in [1.165, 1.54) is 30.3 Å². The van der Waals surface area contributed by atoms with Crippen LogP contribution in [0.25, 0.3) is 11.1 Å². The third kappa shape index (κ3) is 6.61. The fourth-order valence-corrected chi connectivity index (χ4v) is 3.64. The first-order valence-corrected chi connectivity index (χ1v) is 10.5. The molecule has 0 aliphatic heterocycles. The quantitative estimate of drug-likeness (QED) is 0.523. The first kappa shape index (κ1) is 23.9. The van der Waals surface area contributed by atoms with Gasteiger partial charge < -0.3 is 14.8 Å². The first-order valence-electron chi connectivity index (χ1n) is 10.5. The minimum atomic E-state index is -4.50. The lowest BCUT2D eigenvalue weighted by Crippen LogP contribution is -2.42. The minimum absolute atomic E-state index is 0.0473. The summed E-state index contributed by atoms with van der Waals surface area (Å²) >= 11 is 0. The normalized spacial score (nSPS) is 19.3. The highest BCUT2D eigenvalue weighted by Gasteiger charge is 2.32. The fraction of sp³-hybridized carbons (Fsp3) is 0.458. The van der Waals surface area contributed by atoms with Crippen molar-refractivity contribution in [3.8, 4) is 16.9 Å². The van der Waals surface area contributed by atoms with E-state index in [0.717, 1.165) is 12.1 Å². The molecule has 1 fully saturated rings. The van der Waals surface area contributed by atoms with Crippen LogP contribution in [0.1, 0.15) is 52.0 Å². The number of nitrogens with one attached hydrogen (secondary N) is 1. The molecule has 1 saturated carbocycles. The van der Waals surface area contributed by atoms with Crippen LogP contribution < -0.4 is 10.1 Å². The Morgan fingerprint density at radius 1 is 0.969 bits per heavy atom. The SMILES string of the molecule is CC(C)(C)OC(=O)N[C@H]1CC[C@H](Oc2ccc(C(F)(F)F)cc2-c2ccc(F)cc2)CC1. The summed E-state index contributed by atoms with van der Waals surface area (Å²) in [6, 6.07) is 8.54. The van der Waals surface area contributed by atoms with Gasteiger partial charge >= 0.3 is 12.3 Å². The van der Waals surface area contributed by atoms with Gasteiger partial charge in [-0.1, -0.05) is 12.1 Å². The summed E-state index contributed by atoms with van der Waals surface area (Å²) in [5.74, 6) is -0.160. The van der Waals surface area contributed by atoms with Gasteiger partial charge in [-0.05, 0) is 82.3 Å². The number of ether oxygens (including phenoxy) is 2. The number of alkyl carbamates (subject to hydrolysis) is 1. The smallest absolute Gasteiger partial charge is 0.416 e. The molecule has 0 atom stereocenters. The molecule has 1 N–H and O–H groups in total. The molecule has 0 aromatic heterocycles. The Morgan fingerprint density at radius 3 is 2.16 bits per heavy atom. The number of hydrogen-bond donors (Lipinski definition) is 1. The van der Waals surface area contributed by atoms with Gasteiger partial charge in [0.1, 0.15) is 17.2 Å². The van der Waals surface area contributed by atoms with Crippen molar-refractivity contribution in [2.45, 2.75) is 70.4 Å². The Labute approximate surface area is 184 Å². The summed E-state index contributed by atoms with van der Waals surface area (Å²) in [4.78, 5) is 12.0. The van der Waals surface area contributed by atoms with Crippen LogP contribution in [0.3, 0.4) is 0 Å². The van der Waals surface area contributed by atoms with Gasteiger partial charge in [0.2, 0.25) is 0 Å². The summed E-state index contributed by atoms with van der Waals surface area (Å²) in [5.41, 5.74) is -0.681. The van der Waals surface area contributed by atoms with Crippen LogP contribution in [0, 0.1) is 5.82 Å². The lowest BCUT2D eigenvalue weighted by Gasteiger charge is -2.31. The van der Waals surface area contributed by atoms with E-state index in [-0.39, 0.29) is 17.7 Å². The Balaban J connectivity index is 1.70. The molecule has 1 aliphatic carbocycles. The minimum Gasteiger partial charge on any atom is -0.490 e. The molecule has 0 unspecified atom stereocenters. The van der Waals surface area contributed by atoms with E-state index < -0.39 is 29.3 Å². The van der Waals surface area contributed by atoms with Crippen LogP contribution in [0.15, 0.2) is 42.5 Å². The average molecular weight is 453 g/mol. The number of halogens is 4. The zero-order valence-corrected chi connectivity index (χ0v) is 18.3. The van der Waals surface area contributed by atoms with Crippen LogP contribution in [0.2, 0.25) is 0 Å². The Hall–Kier alpha value is -2.77. The largest absolute Gasteiger partial charge is 0.490 e. The summed E-state index contributed by atoms with van der Waals surface area (Å²) in [7, 11) is 0. The lowest BCUT2D eigenvalue weighted by molar-refractivity contribution is -0.137. The maximum atomic E-state index is 13.3. The van der Waals surface area contributed by atoms with Gasteiger partial charge in [0.05, 0.1) is 11.7 Å². The maximum absolute atomic E-state index is 13.3. The van der Waals surface area contributed by atoms with Crippen LogP contribution in [0.5, 0.6) is 5.75 Å². The van der Waals surface area contributed by atoms with Gasteiger partial charge in [0.25, 0.3) is 0 Å². The van der Waals surface area contributed by atoms with Crippen molar-refractivity contribution in [2.75, 3.05) is 0 Å². The highest BCUT2D eigenvalue weighted by Crippen LogP contribution is 2.38. The molecule has 2 aromatic rings. The molecule has 0 bridgehead atoms. The standard InChI is InChI=1S/C24H27F4NO3/c1-23(2,3)32-22(30)29-18-9-11-19(12-10-18)31-21-13-6-16(24(26,27)28)14-20(21)15-4-7-17(25)8-5-15/h4-8,13-14,18-19H,9-12H2,1-3H3,(H,29,30)/t18-,19-. The van der Waals surface area contributed by atoms with Crippen LogP contribution in [-0.2, 0) is 10.9 Å². The predicted molar refractivity (Wildman–Crippen MR) is 113 cm³/mol. The zero-order valence-electron chi connectivity index (χ0n) is 18.3. The second-order valence-corrected chi connectivity index (χ2v) is 8.95. The van der Waals surface area contributed by atoms with Gasteiger partial charge in [-0.15, -0.1) is 0 Å². The van der Waals surface area contributed by atoms with Crippen LogP contribution in [-0.4, -0.2) is 23.8 Å². The molecule has 32 heavy (non-hydrogen) atoms. The summed E-state index contributed by atoms with van der Waals surface area (Å²) < 4.78 is 64.4. The molecule has 3 rings (SSSR count). The van der Waals surface area contributed by atoms with E-state index in [2.05, 4.69) is 5.32 Å². The highest BCUT2D eigenvalue weighted by atomic mass is 19.4. The van der Waals surface area contributed by atoms with Gasteiger partial charge in [-0.25, -0.2) is 9.18 Å². The maximum Gasteiger partial charge on any atom is 0.416 e. The molecule has 1 aliphatic rings. The monoisotopic (exact) mass is 453 g/mol. The van der Waals surface area contributed by atoms with Crippen molar-refractivity contribution in [3.05, 3.63) is 53.8 Å². The highest BCUT2D eigenvalue weighted by molar-refractivity contribution is 5.71. The molecule has 0 heterocycles. The van der Waals surface area contributed by atoms with Crippen molar-refractivity contribution in [1.29, 1.82) is 0 Å². The van der Waals surface area contributed by atoms with Crippen molar-refractivity contribution < 1.29 is 31.8 Å². The first-order chi connectivity index (χ1) is 14.9. The van der Waals surface area contributed by atoms with E-state index in [1.807, 2.05) is 0 Å². The van der Waals surface area contributed by atoms with Crippen molar-refractivity contribution >= 4 is 6.09 Å². The summed E-state index contributed by atoms with van der Waals surface area (Å²) in [6.07, 6.45) is -2.59. The number of benzene rings is 2. The second kappa shape index (κ2) is 9.38. The average Bonchev–Trinajstić information content (AvgIpc) is 2.68. The molecular formula is C24H27F4NO3. The fourth-order valence-electron chi connectivity index (χ4n) is 3.64. The predicted octanol–water partition coefficient (Wildman–Crippen LogP) is 6.73. The molecule has 0 radical (unpaired) electrons. The Bertz CT molecular complexity index is 928. The molecular weight excluding hydrogens is 426 g/mol. The topological polar surface area (TPSA) is 47.6 Å². The lowest BCUT2D eigenvalue weighted by atomic mass is 9.93. The Kier molecular flexibility index (Phi) is 7.00. The van der Waals surface area contributed by atoms with Gasteiger partial charge in [0, 0.05) is 11.6 Å². The zero-order chi connectivity index (χ0) is 23.5. The molecule has 174 valence electrons. The number of amides is 1. The van der Waals surface area contributed by atoms with Crippen molar-refractivity contribution in [2.24, 2.45) is 0 Å². The molecule has 1 amide bonds. The number of hydrogen-bond acceptors (Lipinski definition) is 3.